The Hall–Kier alpha value is 0.180. The lowest BCUT2D eigenvalue weighted by Gasteiger charge is -2.06. The summed E-state index contributed by atoms with van der Waals surface area (Å²) in [6.07, 6.45) is 2.59. The Kier molecular flexibility index (Phi) is 8.41. The fourth-order valence-corrected chi connectivity index (χ4v) is 0.889. The average Bonchev–Trinajstić information content (AvgIpc) is 2.04. The van der Waals surface area contributed by atoms with Crippen LogP contribution in [0.25, 0.3) is 0 Å². The molecule has 1 unspecified atom stereocenters. The van der Waals surface area contributed by atoms with Crippen LogP contribution in [-0.2, 0) is 0 Å². The van der Waals surface area contributed by atoms with Gasteiger partial charge in [-0.15, -0.1) is 11.6 Å². The number of hydrogen-bond acceptors (Lipinski definition) is 1. The maximum atomic E-state index is 11.6. The van der Waals surface area contributed by atoms with Crippen LogP contribution in [0.4, 0.5) is 4.39 Å². The Labute approximate surface area is 73.3 Å². The van der Waals surface area contributed by atoms with Gasteiger partial charge >= 0.3 is 0 Å². The second kappa shape index (κ2) is 8.28. The zero-order chi connectivity index (χ0) is 8.53. The summed E-state index contributed by atoms with van der Waals surface area (Å²) in [5.74, 6) is 0. The first kappa shape index (κ1) is 11.2. The molecule has 1 atom stereocenters. The van der Waals surface area contributed by atoms with Crippen LogP contribution in [0.2, 0.25) is 0 Å². The second-order valence-electron chi connectivity index (χ2n) is 2.59. The lowest BCUT2D eigenvalue weighted by molar-refractivity contribution is 0.457. The maximum Gasteiger partial charge on any atom is 0.0906 e. The van der Waals surface area contributed by atoms with E-state index in [0.29, 0.717) is 6.42 Å². The van der Waals surface area contributed by atoms with Gasteiger partial charge in [-0.05, 0) is 32.4 Å². The van der Waals surface area contributed by atoms with Crippen LogP contribution >= 0.6 is 11.6 Å². The molecule has 68 valence electrons. The number of hydrogen-bond donors (Lipinski definition) is 1. The van der Waals surface area contributed by atoms with Crippen LogP contribution in [-0.4, -0.2) is 25.1 Å². The zero-order valence-electron chi connectivity index (χ0n) is 7.08. The topological polar surface area (TPSA) is 12.0 Å². The number of alkyl halides is 2. The van der Waals surface area contributed by atoms with E-state index >= 15 is 0 Å². The van der Waals surface area contributed by atoms with Crippen molar-refractivity contribution in [2.45, 2.75) is 31.6 Å². The molecule has 1 nitrogen and oxygen atoms in total. The molecule has 0 saturated carbocycles. The highest BCUT2D eigenvalue weighted by molar-refractivity contribution is 6.20. The van der Waals surface area contributed by atoms with E-state index in [-0.39, 0.29) is 12.1 Å². The van der Waals surface area contributed by atoms with Crippen molar-refractivity contribution in [3.8, 4) is 0 Å². The van der Waals surface area contributed by atoms with Crippen LogP contribution in [0.1, 0.15) is 26.2 Å². The minimum absolute atomic E-state index is 0.231. The van der Waals surface area contributed by atoms with Gasteiger partial charge in [0.15, 0.2) is 0 Å². The SMILES string of the molecule is CCC(Cl)CCNCCCF. The van der Waals surface area contributed by atoms with Gasteiger partial charge in [0.2, 0.25) is 0 Å². The van der Waals surface area contributed by atoms with Gasteiger partial charge in [-0.3, -0.25) is 4.39 Å². The molecule has 0 aliphatic heterocycles. The van der Waals surface area contributed by atoms with Crippen LogP contribution < -0.4 is 5.32 Å². The summed E-state index contributed by atoms with van der Waals surface area (Å²) in [5.41, 5.74) is 0. The van der Waals surface area contributed by atoms with E-state index in [1.807, 2.05) is 0 Å². The Balaban J connectivity index is 2.89. The molecule has 0 radical (unpaired) electrons. The molecule has 11 heavy (non-hydrogen) atoms. The standard InChI is InChI=1S/C8H17ClFN/c1-2-8(9)4-7-11-6-3-5-10/h8,11H,2-7H2,1H3. The van der Waals surface area contributed by atoms with Crippen LogP contribution in [0.5, 0.6) is 0 Å². The highest BCUT2D eigenvalue weighted by Gasteiger charge is 1.98. The Morgan fingerprint density at radius 2 is 2.18 bits per heavy atom. The van der Waals surface area contributed by atoms with Crippen molar-refractivity contribution >= 4 is 11.6 Å². The van der Waals surface area contributed by atoms with Gasteiger partial charge in [-0.25, -0.2) is 0 Å². The molecule has 0 aromatic carbocycles. The van der Waals surface area contributed by atoms with Crippen molar-refractivity contribution in [3.05, 3.63) is 0 Å². The highest BCUT2D eigenvalue weighted by Crippen LogP contribution is 2.04. The molecule has 0 aliphatic carbocycles. The molecule has 0 amide bonds. The lowest BCUT2D eigenvalue weighted by atomic mass is 10.2. The quantitative estimate of drug-likeness (QED) is 0.470. The molecule has 0 aromatic heterocycles. The van der Waals surface area contributed by atoms with E-state index in [1.165, 1.54) is 0 Å². The molecule has 0 saturated heterocycles. The third-order valence-corrected chi connectivity index (χ3v) is 2.09. The molecule has 0 spiro atoms. The van der Waals surface area contributed by atoms with Crippen LogP contribution in [0.15, 0.2) is 0 Å². The molecular weight excluding hydrogens is 165 g/mol. The van der Waals surface area contributed by atoms with Crippen molar-refractivity contribution in [3.63, 3.8) is 0 Å². The van der Waals surface area contributed by atoms with Crippen molar-refractivity contribution in [2.24, 2.45) is 0 Å². The van der Waals surface area contributed by atoms with E-state index in [1.54, 1.807) is 0 Å². The molecule has 0 fully saturated rings. The van der Waals surface area contributed by atoms with E-state index in [2.05, 4.69) is 12.2 Å². The van der Waals surface area contributed by atoms with Gasteiger partial charge in [0.25, 0.3) is 0 Å². The summed E-state index contributed by atoms with van der Waals surface area (Å²) in [7, 11) is 0. The number of rotatable bonds is 7. The first-order valence-electron chi connectivity index (χ1n) is 4.22. The van der Waals surface area contributed by atoms with Gasteiger partial charge < -0.3 is 5.32 Å². The summed E-state index contributed by atoms with van der Waals surface area (Å²) >= 11 is 5.86. The van der Waals surface area contributed by atoms with E-state index < -0.39 is 0 Å². The van der Waals surface area contributed by atoms with Crippen LogP contribution in [0.3, 0.4) is 0 Å². The van der Waals surface area contributed by atoms with Crippen LogP contribution in [0, 0.1) is 0 Å². The van der Waals surface area contributed by atoms with E-state index in [9.17, 15) is 4.39 Å². The van der Waals surface area contributed by atoms with Crippen molar-refractivity contribution in [1.29, 1.82) is 0 Å². The van der Waals surface area contributed by atoms with Gasteiger partial charge in [0, 0.05) is 5.38 Å². The van der Waals surface area contributed by atoms with Gasteiger partial charge in [-0.2, -0.15) is 0 Å². The highest BCUT2D eigenvalue weighted by atomic mass is 35.5. The predicted molar refractivity (Wildman–Crippen MR) is 48.0 cm³/mol. The molecule has 0 heterocycles. The Morgan fingerprint density at radius 1 is 1.45 bits per heavy atom. The summed E-state index contributed by atoms with van der Waals surface area (Å²) in [5, 5.41) is 3.40. The molecular formula is C8H17ClFN. The maximum absolute atomic E-state index is 11.6. The Morgan fingerprint density at radius 3 is 2.73 bits per heavy atom. The fourth-order valence-electron chi connectivity index (χ4n) is 0.780. The summed E-state index contributed by atoms with van der Waals surface area (Å²) < 4.78 is 11.6. The first-order chi connectivity index (χ1) is 5.31. The van der Waals surface area contributed by atoms with Gasteiger partial charge in [0.1, 0.15) is 0 Å². The van der Waals surface area contributed by atoms with Crippen molar-refractivity contribution in [2.75, 3.05) is 19.8 Å². The van der Waals surface area contributed by atoms with E-state index in [0.717, 1.165) is 25.9 Å². The molecule has 0 bridgehead atoms. The Bertz CT molecular complexity index is 80.5. The molecule has 0 aliphatic rings. The summed E-state index contributed by atoms with van der Waals surface area (Å²) in [6, 6.07) is 0. The monoisotopic (exact) mass is 181 g/mol. The molecule has 3 heteroatoms. The smallest absolute Gasteiger partial charge is 0.0906 e. The van der Waals surface area contributed by atoms with Gasteiger partial charge in [0.05, 0.1) is 6.67 Å². The zero-order valence-corrected chi connectivity index (χ0v) is 7.83. The minimum Gasteiger partial charge on any atom is -0.317 e. The largest absolute Gasteiger partial charge is 0.317 e. The second-order valence-corrected chi connectivity index (χ2v) is 3.20. The van der Waals surface area contributed by atoms with Gasteiger partial charge in [-0.1, -0.05) is 6.92 Å². The number of halogens is 2. The predicted octanol–water partition coefficient (Wildman–Crippen LogP) is 2.34. The fraction of sp³-hybridized carbons (Fsp3) is 1.00. The van der Waals surface area contributed by atoms with E-state index in [4.69, 9.17) is 11.6 Å². The summed E-state index contributed by atoms with van der Waals surface area (Å²) in [4.78, 5) is 0. The van der Waals surface area contributed by atoms with Crippen molar-refractivity contribution in [1.82, 2.24) is 5.32 Å². The normalized spacial score (nSPS) is 13.4. The van der Waals surface area contributed by atoms with Crippen molar-refractivity contribution < 1.29 is 4.39 Å². The average molecular weight is 182 g/mol. The third-order valence-electron chi connectivity index (χ3n) is 1.56. The number of nitrogens with one attached hydrogen (secondary N) is 1. The molecule has 0 rings (SSSR count). The minimum atomic E-state index is -0.231. The molecule has 0 aromatic rings. The lowest BCUT2D eigenvalue weighted by Crippen LogP contribution is -2.19. The summed E-state index contributed by atoms with van der Waals surface area (Å²) in [6.45, 7) is 3.51. The molecule has 1 N–H and O–H groups in total. The first-order valence-corrected chi connectivity index (χ1v) is 4.65. The third kappa shape index (κ3) is 8.08.